The first-order chi connectivity index (χ1) is 13.2. The van der Waals surface area contributed by atoms with Gasteiger partial charge in [-0.3, -0.25) is 10.2 Å². The molecule has 0 radical (unpaired) electrons. The molecule has 0 unspecified atom stereocenters. The van der Waals surface area contributed by atoms with Gasteiger partial charge < -0.3 is 14.8 Å². The van der Waals surface area contributed by atoms with E-state index in [4.69, 9.17) is 9.47 Å². The summed E-state index contributed by atoms with van der Waals surface area (Å²) in [4.78, 5) is 14.6. The molecule has 2 N–H and O–H groups in total. The Balaban J connectivity index is 1.53. The van der Waals surface area contributed by atoms with Crippen molar-refractivity contribution in [1.82, 2.24) is 20.0 Å². The van der Waals surface area contributed by atoms with Gasteiger partial charge in [0.05, 0.1) is 33.1 Å². The summed E-state index contributed by atoms with van der Waals surface area (Å²) >= 11 is 0. The highest BCUT2D eigenvalue weighted by Gasteiger charge is 2.18. The molecule has 8 nitrogen and oxygen atoms in total. The molecule has 2 heterocycles. The largest absolute Gasteiger partial charge is 0.496 e. The standard InChI is InChI=1S/C19H27N5O3/c1-15(23-9-11-27-12-10-23)13-20-19(25)22-18-7-8-21-24(18)14-16-5-3-4-6-17(16)26-2/h3-8,15H,9-14H2,1-2H3,(H2,20,22,25)/t15-/m1/s1. The monoisotopic (exact) mass is 373 g/mol. The second-order valence-electron chi connectivity index (χ2n) is 6.52. The zero-order valence-corrected chi connectivity index (χ0v) is 15.9. The molecule has 146 valence electrons. The molecule has 27 heavy (non-hydrogen) atoms. The third kappa shape index (κ3) is 5.21. The molecule has 1 aromatic heterocycles. The highest BCUT2D eigenvalue weighted by molar-refractivity contribution is 5.88. The molecule has 1 aliphatic heterocycles. The van der Waals surface area contributed by atoms with Crippen LogP contribution in [0.1, 0.15) is 12.5 Å². The molecule has 2 amide bonds. The normalized spacial score (nSPS) is 15.9. The van der Waals surface area contributed by atoms with E-state index < -0.39 is 0 Å². The van der Waals surface area contributed by atoms with Gasteiger partial charge in [-0.2, -0.15) is 5.10 Å². The molecular weight excluding hydrogens is 346 g/mol. The number of morpholine rings is 1. The zero-order chi connectivity index (χ0) is 19.1. The van der Waals surface area contributed by atoms with Crippen molar-refractivity contribution in [2.75, 3.05) is 45.3 Å². The minimum atomic E-state index is -0.239. The van der Waals surface area contributed by atoms with Gasteiger partial charge in [-0.1, -0.05) is 18.2 Å². The predicted molar refractivity (Wildman–Crippen MR) is 103 cm³/mol. The fraction of sp³-hybridized carbons (Fsp3) is 0.474. The highest BCUT2D eigenvalue weighted by Crippen LogP contribution is 2.20. The minimum Gasteiger partial charge on any atom is -0.496 e. The number of nitrogens with one attached hydrogen (secondary N) is 2. The van der Waals surface area contributed by atoms with Crippen molar-refractivity contribution in [1.29, 1.82) is 0 Å². The van der Waals surface area contributed by atoms with Crippen molar-refractivity contribution < 1.29 is 14.3 Å². The summed E-state index contributed by atoms with van der Waals surface area (Å²) in [5, 5.41) is 10.1. The first kappa shape index (κ1) is 19.2. The lowest BCUT2D eigenvalue weighted by molar-refractivity contribution is 0.0209. The number of carbonyl (C=O) groups is 1. The average molecular weight is 373 g/mol. The van der Waals surface area contributed by atoms with E-state index in [1.54, 1.807) is 24.1 Å². The van der Waals surface area contributed by atoms with Crippen LogP contribution in [0.3, 0.4) is 0 Å². The van der Waals surface area contributed by atoms with Gasteiger partial charge in [-0.15, -0.1) is 0 Å². The molecule has 0 bridgehead atoms. The summed E-state index contributed by atoms with van der Waals surface area (Å²) < 4.78 is 12.5. The van der Waals surface area contributed by atoms with Crippen LogP contribution in [0.5, 0.6) is 5.75 Å². The van der Waals surface area contributed by atoms with Gasteiger partial charge in [-0.05, 0) is 13.0 Å². The molecule has 1 aromatic carbocycles. The number of nitrogens with zero attached hydrogens (tertiary/aromatic N) is 3. The molecule has 3 rings (SSSR count). The number of benzene rings is 1. The first-order valence-corrected chi connectivity index (χ1v) is 9.17. The van der Waals surface area contributed by atoms with Crippen molar-refractivity contribution in [2.45, 2.75) is 19.5 Å². The predicted octanol–water partition coefficient (Wildman–Crippen LogP) is 1.78. The number of ether oxygens (including phenoxy) is 2. The van der Waals surface area contributed by atoms with Crippen molar-refractivity contribution in [2.24, 2.45) is 0 Å². The second-order valence-corrected chi connectivity index (χ2v) is 6.52. The van der Waals surface area contributed by atoms with E-state index in [1.165, 1.54) is 0 Å². The number of rotatable bonds is 7. The van der Waals surface area contributed by atoms with Crippen LogP contribution in [-0.4, -0.2) is 66.7 Å². The van der Waals surface area contributed by atoms with E-state index >= 15 is 0 Å². The third-order valence-corrected chi connectivity index (χ3v) is 4.70. The maximum atomic E-state index is 12.3. The van der Waals surface area contributed by atoms with Crippen LogP contribution in [0.2, 0.25) is 0 Å². The lowest BCUT2D eigenvalue weighted by Crippen LogP contribution is -2.47. The Bertz CT molecular complexity index is 742. The van der Waals surface area contributed by atoms with Gasteiger partial charge in [0.15, 0.2) is 0 Å². The fourth-order valence-corrected chi connectivity index (χ4v) is 3.11. The molecule has 1 fully saturated rings. The van der Waals surface area contributed by atoms with Gasteiger partial charge in [0.1, 0.15) is 11.6 Å². The van der Waals surface area contributed by atoms with E-state index in [2.05, 4.69) is 27.6 Å². The van der Waals surface area contributed by atoms with Crippen molar-refractivity contribution in [3.05, 3.63) is 42.1 Å². The van der Waals surface area contributed by atoms with E-state index in [1.807, 2.05) is 24.3 Å². The Morgan fingerprint density at radius 2 is 2.07 bits per heavy atom. The number of carbonyl (C=O) groups excluding carboxylic acids is 1. The smallest absolute Gasteiger partial charge is 0.320 e. The summed E-state index contributed by atoms with van der Waals surface area (Å²) in [5.74, 6) is 1.43. The maximum absolute atomic E-state index is 12.3. The zero-order valence-electron chi connectivity index (χ0n) is 15.9. The Morgan fingerprint density at radius 3 is 2.85 bits per heavy atom. The van der Waals surface area contributed by atoms with Crippen LogP contribution in [0.4, 0.5) is 10.6 Å². The average Bonchev–Trinajstić information content (AvgIpc) is 3.13. The van der Waals surface area contributed by atoms with Crippen LogP contribution < -0.4 is 15.4 Å². The van der Waals surface area contributed by atoms with Crippen LogP contribution in [0.15, 0.2) is 36.5 Å². The number of para-hydroxylation sites is 1. The number of amides is 2. The Labute approximate surface area is 159 Å². The van der Waals surface area contributed by atoms with Crippen molar-refractivity contribution in [3.8, 4) is 5.75 Å². The van der Waals surface area contributed by atoms with Gasteiger partial charge in [0.2, 0.25) is 0 Å². The molecule has 0 spiro atoms. The lowest BCUT2D eigenvalue weighted by atomic mass is 10.2. The SMILES string of the molecule is COc1ccccc1Cn1nccc1NC(=O)NC[C@@H](C)N1CCOCC1. The summed E-state index contributed by atoms with van der Waals surface area (Å²) in [5.41, 5.74) is 0.994. The number of hydrogen-bond acceptors (Lipinski definition) is 5. The maximum Gasteiger partial charge on any atom is 0.320 e. The van der Waals surface area contributed by atoms with Gasteiger partial charge in [0.25, 0.3) is 0 Å². The quantitative estimate of drug-likeness (QED) is 0.773. The second kappa shape index (κ2) is 9.38. The summed E-state index contributed by atoms with van der Waals surface area (Å²) in [7, 11) is 1.64. The highest BCUT2D eigenvalue weighted by atomic mass is 16.5. The number of anilines is 1. The number of methoxy groups -OCH3 is 1. The fourth-order valence-electron chi connectivity index (χ4n) is 3.11. The summed E-state index contributed by atoms with van der Waals surface area (Å²) in [6.45, 7) is 6.49. The molecule has 2 aromatic rings. The van der Waals surface area contributed by atoms with Gasteiger partial charge in [-0.25, -0.2) is 9.48 Å². The number of hydrogen-bond donors (Lipinski definition) is 2. The summed E-state index contributed by atoms with van der Waals surface area (Å²) in [6, 6.07) is 9.57. The molecular formula is C19H27N5O3. The third-order valence-electron chi connectivity index (χ3n) is 4.70. The molecule has 1 atom stereocenters. The Kier molecular flexibility index (Phi) is 6.67. The Morgan fingerprint density at radius 1 is 1.30 bits per heavy atom. The molecule has 0 aliphatic carbocycles. The number of aromatic nitrogens is 2. The Hall–Kier alpha value is -2.58. The summed E-state index contributed by atoms with van der Waals surface area (Å²) in [6.07, 6.45) is 1.67. The van der Waals surface area contributed by atoms with Crippen LogP contribution in [0, 0.1) is 0 Å². The topological polar surface area (TPSA) is 80.6 Å². The molecule has 8 heteroatoms. The molecule has 1 aliphatic rings. The lowest BCUT2D eigenvalue weighted by Gasteiger charge is -2.32. The van der Waals surface area contributed by atoms with E-state index in [0.29, 0.717) is 18.9 Å². The first-order valence-electron chi connectivity index (χ1n) is 9.17. The number of urea groups is 1. The molecule has 0 saturated carbocycles. The van der Waals surface area contributed by atoms with Crippen LogP contribution in [0.25, 0.3) is 0 Å². The van der Waals surface area contributed by atoms with Crippen LogP contribution >= 0.6 is 0 Å². The van der Waals surface area contributed by atoms with E-state index in [-0.39, 0.29) is 12.1 Å². The molecule has 1 saturated heterocycles. The van der Waals surface area contributed by atoms with E-state index in [9.17, 15) is 4.79 Å². The van der Waals surface area contributed by atoms with Crippen molar-refractivity contribution in [3.63, 3.8) is 0 Å². The van der Waals surface area contributed by atoms with E-state index in [0.717, 1.165) is 37.6 Å². The minimum absolute atomic E-state index is 0.239. The van der Waals surface area contributed by atoms with Crippen LogP contribution in [-0.2, 0) is 11.3 Å². The van der Waals surface area contributed by atoms with Crippen molar-refractivity contribution >= 4 is 11.8 Å². The van der Waals surface area contributed by atoms with Gasteiger partial charge in [0, 0.05) is 37.3 Å². The van der Waals surface area contributed by atoms with Gasteiger partial charge >= 0.3 is 6.03 Å².